The molecule has 0 bridgehead atoms. The zero-order valence-corrected chi connectivity index (χ0v) is 17.8. The van der Waals surface area contributed by atoms with Crippen molar-refractivity contribution in [3.63, 3.8) is 0 Å². The molecule has 0 amide bonds. The predicted octanol–water partition coefficient (Wildman–Crippen LogP) is 5.19. The molecule has 2 heterocycles. The Kier molecular flexibility index (Phi) is 5.47. The Morgan fingerprint density at radius 1 is 1.00 bits per heavy atom. The fourth-order valence-corrected chi connectivity index (χ4v) is 4.43. The van der Waals surface area contributed by atoms with Crippen LogP contribution in [0.1, 0.15) is 5.82 Å². The molecule has 0 atom stereocenters. The normalized spacial score (nSPS) is 11.2. The lowest BCUT2D eigenvalue weighted by Gasteiger charge is -2.10. The summed E-state index contributed by atoms with van der Waals surface area (Å²) in [5.74, 6) is 2.14. The minimum Gasteiger partial charge on any atom is -0.492 e. The molecule has 0 aliphatic carbocycles. The van der Waals surface area contributed by atoms with Gasteiger partial charge in [0.2, 0.25) is 0 Å². The van der Waals surface area contributed by atoms with Crippen molar-refractivity contribution < 1.29 is 9.66 Å². The summed E-state index contributed by atoms with van der Waals surface area (Å²) in [6.45, 7) is 1.18. The molecule has 5 rings (SSSR count). The third kappa shape index (κ3) is 4.15. The molecule has 0 radical (unpaired) electrons. The number of nitrogens with one attached hydrogen (secondary N) is 1. The van der Waals surface area contributed by atoms with Crippen molar-refractivity contribution in [2.75, 3.05) is 6.61 Å². The molecule has 160 valence electrons. The number of benzene rings is 3. The Morgan fingerprint density at radius 3 is 2.66 bits per heavy atom. The highest BCUT2D eigenvalue weighted by Gasteiger charge is 2.14. The number of fused-ring (bicyclic) bond motifs is 2. The van der Waals surface area contributed by atoms with Crippen LogP contribution in [-0.4, -0.2) is 31.0 Å². The zero-order valence-electron chi connectivity index (χ0n) is 17.0. The fraction of sp³-hybridized carbons (Fsp3) is 0.130. The lowest BCUT2D eigenvalue weighted by molar-refractivity contribution is -0.384. The van der Waals surface area contributed by atoms with E-state index < -0.39 is 4.92 Å². The number of non-ortho nitro benzene ring substituents is 1. The molecule has 0 saturated carbocycles. The number of nitro benzene ring substituents is 1. The first kappa shape index (κ1) is 20.1. The number of rotatable bonds is 8. The largest absolute Gasteiger partial charge is 0.492 e. The van der Waals surface area contributed by atoms with Crippen molar-refractivity contribution in [2.45, 2.75) is 17.5 Å². The average Bonchev–Trinajstić information content (AvgIpc) is 3.38. The first-order valence-corrected chi connectivity index (χ1v) is 11.0. The Balaban J connectivity index is 1.35. The topological polar surface area (TPSA) is 98.9 Å². The fourth-order valence-electron chi connectivity index (χ4n) is 3.52. The zero-order chi connectivity index (χ0) is 21.9. The van der Waals surface area contributed by atoms with E-state index in [-0.39, 0.29) is 5.69 Å². The maximum atomic E-state index is 11.0. The second kappa shape index (κ2) is 8.72. The molecule has 3 aromatic carbocycles. The summed E-state index contributed by atoms with van der Waals surface area (Å²) in [6.07, 6.45) is 0. The number of aromatic nitrogens is 4. The summed E-state index contributed by atoms with van der Waals surface area (Å²) in [7, 11) is 0. The number of ether oxygens (including phenoxy) is 1. The third-order valence-corrected chi connectivity index (χ3v) is 6.00. The first-order valence-electron chi connectivity index (χ1n) is 10.1. The van der Waals surface area contributed by atoms with Gasteiger partial charge in [-0.25, -0.2) is 9.97 Å². The maximum absolute atomic E-state index is 11.0. The van der Waals surface area contributed by atoms with E-state index in [9.17, 15) is 10.1 Å². The SMILES string of the molecule is O=[N+]([O-])c1ccc2nc(CSc3nc4ccccc4n3CCOc3ccccc3)[nH]c2c1. The number of aromatic amines is 1. The highest BCUT2D eigenvalue weighted by molar-refractivity contribution is 7.98. The van der Waals surface area contributed by atoms with Crippen LogP contribution in [0.5, 0.6) is 5.75 Å². The van der Waals surface area contributed by atoms with Crippen LogP contribution in [0, 0.1) is 10.1 Å². The van der Waals surface area contributed by atoms with E-state index in [1.165, 1.54) is 12.1 Å². The molecule has 0 aliphatic heterocycles. The summed E-state index contributed by atoms with van der Waals surface area (Å²) in [4.78, 5) is 23.1. The van der Waals surface area contributed by atoms with Crippen molar-refractivity contribution in [3.05, 3.63) is 88.7 Å². The molecular formula is C23H19N5O3S. The van der Waals surface area contributed by atoms with Gasteiger partial charge in [0.15, 0.2) is 5.16 Å². The van der Waals surface area contributed by atoms with Crippen molar-refractivity contribution in [1.82, 2.24) is 19.5 Å². The summed E-state index contributed by atoms with van der Waals surface area (Å²) in [5.41, 5.74) is 3.37. The Bertz CT molecular complexity index is 1400. The molecule has 32 heavy (non-hydrogen) atoms. The lowest BCUT2D eigenvalue weighted by atomic mass is 10.3. The monoisotopic (exact) mass is 445 g/mol. The summed E-state index contributed by atoms with van der Waals surface area (Å²) >= 11 is 1.57. The van der Waals surface area contributed by atoms with Crippen LogP contribution in [-0.2, 0) is 12.3 Å². The van der Waals surface area contributed by atoms with Gasteiger partial charge in [-0.2, -0.15) is 0 Å². The highest BCUT2D eigenvalue weighted by atomic mass is 32.2. The molecule has 0 aliphatic rings. The number of thioether (sulfide) groups is 1. The molecule has 8 nitrogen and oxygen atoms in total. The van der Waals surface area contributed by atoms with Gasteiger partial charge in [0.1, 0.15) is 18.2 Å². The standard InChI is InChI=1S/C23H19N5O3S/c29-28(30)16-10-11-18-20(14-16)25-22(24-18)15-32-23-26-19-8-4-5-9-21(19)27(23)12-13-31-17-6-2-1-3-7-17/h1-11,14H,12-13,15H2,(H,24,25). The van der Waals surface area contributed by atoms with Crippen molar-refractivity contribution in [3.8, 4) is 5.75 Å². The van der Waals surface area contributed by atoms with E-state index in [2.05, 4.69) is 20.6 Å². The van der Waals surface area contributed by atoms with Crippen LogP contribution in [0.2, 0.25) is 0 Å². The number of para-hydroxylation sites is 3. The summed E-state index contributed by atoms with van der Waals surface area (Å²) in [5, 5.41) is 11.9. The minimum atomic E-state index is -0.408. The summed E-state index contributed by atoms with van der Waals surface area (Å²) in [6, 6.07) is 22.4. The minimum absolute atomic E-state index is 0.0422. The molecule has 5 aromatic rings. The van der Waals surface area contributed by atoms with Gasteiger partial charge in [-0.1, -0.05) is 42.1 Å². The van der Waals surface area contributed by atoms with Crippen LogP contribution in [0.25, 0.3) is 22.1 Å². The van der Waals surface area contributed by atoms with E-state index in [0.29, 0.717) is 29.9 Å². The first-order chi connectivity index (χ1) is 15.7. The van der Waals surface area contributed by atoms with E-state index in [1.54, 1.807) is 17.8 Å². The van der Waals surface area contributed by atoms with Gasteiger partial charge in [0, 0.05) is 12.1 Å². The van der Waals surface area contributed by atoms with Crippen LogP contribution in [0.4, 0.5) is 5.69 Å². The van der Waals surface area contributed by atoms with Crippen LogP contribution < -0.4 is 4.74 Å². The second-order valence-corrected chi connectivity index (χ2v) is 8.07. The van der Waals surface area contributed by atoms with Crippen molar-refractivity contribution in [2.24, 2.45) is 0 Å². The van der Waals surface area contributed by atoms with E-state index >= 15 is 0 Å². The molecule has 0 saturated heterocycles. The third-order valence-electron chi connectivity index (χ3n) is 5.01. The Labute approximate surface area is 187 Å². The molecule has 1 N–H and O–H groups in total. The van der Waals surface area contributed by atoms with Crippen LogP contribution >= 0.6 is 11.8 Å². The molecule has 0 fully saturated rings. The van der Waals surface area contributed by atoms with Gasteiger partial charge in [0.05, 0.1) is 39.3 Å². The van der Waals surface area contributed by atoms with Gasteiger partial charge >= 0.3 is 0 Å². The molecule has 0 spiro atoms. The van der Waals surface area contributed by atoms with Gasteiger partial charge in [-0.15, -0.1) is 0 Å². The van der Waals surface area contributed by atoms with Gasteiger partial charge < -0.3 is 14.3 Å². The van der Waals surface area contributed by atoms with Gasteiger partial charge in [0.25, 0.3) is 5.69 Å². The van der Waals surface area contributed by atoms with Gasteiger partial charge in [-0.3, -0.25) is 10.1 Å². The van der Waals surface area contributed by atoms with Crippen LogP contribution in [0.15, 0.2) is 78.0 Å². The number of hydrogen-bond acceptors (Lipinski definition) is 6. The van der Waals surface area contributed by atoms with E-state index in [4.69, 9.17) is 9.72 Å². The quantitative estimate of drug-likeness (QED) is 0.200. The van der Waals surface area contributed by atoms with Crippen molar-refractivity contribution >= 4 is 39.5 Å². The van der Waals surface area contributed by atoms with Gasteiger partial charge in [-0.05, 0) is 30.3 Å². The summed E-state index contributed by atoms with van der Waals surface area (Å²) < 4.78 is 8.03. The van der Waals surface area contributed by atoms with E-state index in [0.717, 1.165) is 27.8 Å². The number of nitro groups is 1. The predicted molar refractivity (Wildman–Crippen MR) is 124 cm³/mol. The Hall–Kier alpha value is -3.85. The lowest BCUT2D eigenvalue weighted by Crippen LogP contribution is -2.09. The Morgan fingerprint density at radius 2 is 1.81 bits per heavy atom. The molecule has 2 aromatic heterocycles. The van der Waals surface area contributed by atoms with Crippen molar-refractivity contribution in [1.29, 1.82) is 0 Å². The van der Waals surface area contributed by atoms with Crippen LogP contribution in [0.3, 0.4) is 0 Å². The number of H-pyrrole nitrogens is 1. The highest BCUT2D eigenvalue weighted by Crippen LogP contribution is 2.27. The maximum Gasteiger partial charge on any atom is 0.271 e. The second-order valence-electron chi connectivity index (χ2n) is 7.13. The number of imidazole rings is 2. The average molecular weight is 446 g/mol. The molecular weight excluding hydrogens is 426 g/mol. The number of nitrogens with zero attached hydrogens (tertiary/aromatic N) is 4. The molecule has 0 unspecified atom stereocenters. The smallest absolute Gasteiger partial charge is 0.271 e. The van der Waals surface area contributed by atoms with E-state index in [1.807, 2.05) is 48.5 Å². The number of hydrogen-bond donors (Lipinski definition) is 1. The molecule has 9 heteroatoms.